The lowest BCUT2D eigenvalue weighted by Crippen LogP contribution is -2.66. The van der Waals surface area contributed by atoms with Gasteiger partial charge in [-0.25, -0.2) is 0 Å². The number of rotatable bonds is 6. The van der Waals surface area contributed by atoms with Crippen LogP contribution in [0.5, 0.6) is 0 Å². The Balaban J connectivity index is 1.49. The van der Waals surface area contributed by atoms with Gasteiger partial charge in [-0.3, -0.25) is 14.5 Å². The van der Waals surface area contributed by atoms with Gasteiger partial charge in [0, 0.05) is 23.5 Å². The number of aryl methyl sites for hydroxylation is 1. The molecule has 0 spiro atoms. The summed E-state index contributed by atoms with van der Waals surface area (Å²) in [6.07, 6.45) is 7.63. The van der Waals surface area contributed by atoms with Crippen molar-refractivity contribution in [3.63, 3.8) is 0 Å². The van der Waals surface area contributed by atoms with E-state index in [1.807, 2.05) is 11.8 Å². The van der Waals surface area contributed by atoms with Crippen LogP contribution in [-0.4, -0.2) is 63.4 Å². The van der Waals surface area contributed by atoms with Crippen LogP contribution < -0.4 is 5.32 Å². The summed E-state index contributed by atoms with van der Waals surface area (Å²) in [6, 6.07) is 4.81. The molecule has 3 aliphatic rings. The molecule has 5 rings (SSSR count). The highest BCUT2D eigenvalue weighted by atomic mass is 32.1. The molecule has 2 aliphatic heterocycles. The highest BCUT2D eigenvalue weighted by Crippen LogP contribution is 2.37. The van der Waals surface area contributed by atoms with Gasteiger partial charge >= 0.3 is 0 Å². The van der Waals surface area contributed by atoms with Crippen molar-refractivity contribution in [2.75, 3.05) is 19.6 Å². The van der Waals surface area contributed by atoms with E-state index in [-0.39, 0.29) is 17.9 Å². The van der Waals surface area contributed by atoms with Gasteiger partial charge in [0.2, 0.25) is 5.91 Å². The summed E-state index contributed by atoms with van der Waals surface area (Å²) in [5.41, 5.74) is 0.947. The number of aromatic nitrogens is 1. The van der Waals surface area contributed by atoms with Crippen LogP contribution in [0.2, 0.25) is 0 Å². The zero-order valence-corrected chi connectivity index (χ0v) is 22.0. The number of amides is 2. The molecule has 1 N–H and O–H groups in total. The first-order valence-electron chi connectivity index (χ1n) is 13.3. The van der Waals surface area contributed by atoms with Crippen molar-refractivity contribution in [3.05, 3.63) is 22.7 Å². The monoisotopic (exact) mass is 484 g/mol. The minimum atomic E-state index is -0.893. The fourth-order valence-electron chi connectivity index (χ4n) is 6.32. The van der Waals surface area contributed by atoms with Crippen LogP contribution in [0.15, 0.2) is 12.1 Å². The Morgan fingerprint density at radius 2 is 1.94 bits per heavy atom. The molecule has 2 aromatic heterocycles. The number of hydrogen-bond donors (Lipinski definition) is 1. The minimum absolute atomic E-state index is 0.00516. The molecule has 2 aromatic rings. The average molecular weight is 485 g/mol. The largest absolute Gasteiger partial charge is 0.351 e. The highest BCUT2D eigenvalue weighted by molar-refractivity contribution is 7.19. The SMILES string of the molecule is CCc1cc2c(cc3n2CC(C)(C(=O)NC2CCC(C)CC2)N(CC2CCCN2CC)C3=O)s1. The third kappa shape index (κ3) is 4.09. The first kappa shape index (κ1) is 23.9. The summed E-state index contributed by atoms with van der Waals surface area (Å²) in [4.78, 5) is 33.6. The number of carbonyl (C=O) groups excluding carboxylic acids is 2. The molecule has 186 valence electrons. The fraction of sp³-hybridized carbons (Fsp3) is 0.704. The topological polar surface area (TPSA) is 57.6 Å². The normalized spacial score (nSPS) is 30.2. The van der Waals surface area contributed by atoms with Gasteiger partial charge in [-0.2, -0.15) is 0 Å². The van der Waals surface area contributed by atoms with E-state index < -0.39 is 5.54 Å². The van der Waals surface area contributed by atoms with Crippen LogP contribution in [-0.2, 0) is 17.8 Å². The Hall–Kier alpha value is -1.86. The van der Waals surface area contributed by atoms with Gasteiger partial charge < -0.3 is 14.8 Å². The second kappa shape index (κ2) is 9.30. The van der Waals surface area contributed by atoms with E-state index in [2.05, 4.69) is 47.7 Å². The zero-order valence-electron chi connectivity index (χ0n) is 21.2. The molecule has 0 aromatic carbocycles. The molecule has 2 fully saturated rings. The van der Waals surface area contributed by atoms with Crippen LogP contribution in [0.1, 0.15) is 81.6 Å². The molecule has 1 saturated carbocycles. The van der Waals surface area contributed by atoms with Gasteiger partial charge in [-0.05, 0) is 83.0 Å². The summed E-state index contributed by atoms with van der Waals surface area (Å²) < 4.78 is 3.28. The van der Waals surface area contributed by atoms with Crippen molar-refractivity contribution < 1.29 is 9.59 Å². The predicted octanol–water partition coefficient (Wildman–Crippen LogP) is 4.66. The number of fused-ring (bicyclic) bond motifs is 3. The van der Waals surface area contributed by atoms with Crippen molar-refractivity contribution in [1.29, 1.82) is 0 Å². The number of hydrogen-bond acceptors (Lipinski definition) is 4. The van der Waals surface area contributed by atoms with Crippen LogP contribution in [0.3, 0.4) is 0 Å². The number of nitrogens with one attached hydrogen (secondary N) is 1. The van der Waals surface area contributed by atoms with E-state index in [0.29, 0.717) is 19.1 Å². The summed E-state index contributed by atoms with van der Waals surface area (Å²) in [5, 5.41) is 3.38. The van der Waals surface area contributed by atoms with E-state index in [1.54, 1.807) is 11.3 Å². The van der Waals surface area contributed by atoms with E-state index in [1.165, 1.54) is 4.88 Å². The summed E-state index contributed by atoms with van der Waals surface area (Å²) in [6.45, 7) is 11.9. The zero-order chi connectivity index (χ0) is 24.0. The number of nitrogens with zero attached hydrogens (tertiary/aromatic N) is 3. The van der Waals surface area contributed by atoms with Crippen molar-refractivity contribution >= 4 is 33.4 Å². The summed E-state index contributed by atoms with van der Waals surface area (Å²) in [7, 11) is 0. The smallest absolute Gasteiger partial charge is 0.271 e. The Kier molecular flexibility index (Phi) is 6.53. The van der Waals surface area contributed by atoms with Crippen LogP contribution in [0.25, 0.3) is 10.2 Å². The molecule has 2 atom stereocenters. The molecule has 2 unspecified atom stereocenters. The van der Waals surface area contributed by atoms with Gasteiger partial charge in [0.1, 0.15) is 11.2 Å². The van der Waals surface area contributed by atoms with Gasteiger partial charge in [-0.1, -0.05) is 20.8 Å². The molecule has 0 radical (unpaired) electrons. The third-order valence-corrected chi connectivity index (χ3v) is 9.87. The van der Waals surface area contributed by atoms with E-state index in [9.17, 15) is 9.59 Å². The number of likely N-dealkylation sites (N-methyl/N-ethyl adjacent to an activating group) is 1. The Bertz CT molecular complexity index is 1070. The van der Waals surface area contributed by atoms with Gasteiger partial charge in [0.15, 0.2) is 0 Å². The molecular formula is C27H40N4O2S. The molecule has 0 bridgehead atoms. The van der Waals surface area contributed by atoms with Crippen LogP contribution in [0.4, 0.5) is 0 Å². The number of likely N-dealkylation sites (tertiary alicyclic amines) is 1. The summed E-state index contributed by atoms with van der Waals surface area (Å²) >= 11 is 1.77. The Labute approximate surface area is 207 Å². The molecule has 4 heterocycles. The molecular weight excluding hydrogens is 444 g/mol. The van der Waals surface area contributed by atoms with E-state index in [0.717, 1.165) is 79.9 Å². The lowest BCUT2D eigenvalue weighted by Gasteiger charge is -2.46. The molecule has 2 amide bonds. The van der Waals surface area contributed by atoms with Crippen molar-refractivity contribution in [2.24, 2.45) is 5.92 Å². The maximum absolute atomic E-state index is 14.0. The maximum Gasteiger partial charge on any atom is 0.271 e. The lowest BCUT2D eigenvalue weighted by molar-refractivity contribution is -0.134. The second-order valence-electron chi connectivity index (χ2n) is 11.0. The van der Waals surface area contributed by atoms with Crippen LogP contribution in [0, 0.1) is 5.92 Å². The summed E-state index contributed by atoms with van der Waals surface area (Å²) in [5.74, 6) is 0.756. The molecule has 7 heteroatoms. The van der Waals surface area contributed by atoms with Gasteiger partial charge in [0.25, 0.3) is 5.91 Å². The van der Waals surface area contributed by atoms with E-state index >= 15 is 0 Å². The van der Waals surface area contributed by atoms with Crippen molar-refractivity contribution in [1.82, 2.24) is 19.7 Å². The third-order valence-electron chi connectivity index (χ3n) is 8.65. The average Bonchev–Trinajstić information content (AvgIpc) is 3.53. The molecule has 1 aliphatic carbocycles. The second-order valence-corrected chi connectivity index (χ2v) is 12.1. The molecule has 34 heavy (non-hydrogen) atoms. The first-order valence-corrected chi connectivity index (χ1v) is 14.1. The first-order chi connectivity index (χ1) is 16.3. The number of thiophene rings is 1. The standard InChI is InChI=1S/C27H40N4O2S/c1-5-21-14-22-24(34-21)15-23-25(32)31(16-20-8-7-13-29(20)6-2)27(4,17-30(22)23)26(33)28-19-11-9-18(3)10-12-19/h14-15,18-20H,5-13,16-17H2,1-4H3,(H,28,33). The molecule has 1 saturated heterocycles. The quantitative estimate of drug-likeness (QED) is 0.649. The Morgan fingerprint density at radius 1 is 1.18 bits per heavy atom. The Morgan fingerprint density at radius 3 is 2.65 bits per heavy atom. The van der Waals surface area contributed by atoms with Crippen LogP contribution >= 0.6 is 11.3 Å². The van der Waals surface area contributed by atoms with Crippen molar-refractivity contribution in [3.8, 4) is 0 Å². The van der Waals surface area contributed by atoms with Gasteiger partial charge in [-0.15, -0.1) is 11.3 Å². The minimum Gasteiger partial charge on any atom is -0.351 e. The van der Waals surface area contributed by atoms with Gasteiger partial charge in [0.05, 0.1) is 16.8 Å². The maximum atomic E-state index is 14.0. The van der Waals surface area contributed by atoms with E-state index in [4.69, 9.17) is 0 Å². The number of carbonyl (C=O) groups is 2. The highest BCUT2D eigenvalue weighted by Gasteiger charge is 2.49. The lowest BCUT2D eigenvalue weighted by atomic mass is 9.86. The fourth-order valence-corrected chi connectivity index (χ4v) is 7.36. The van der Waals surface area contributed by atoms with Crippen molar-refractivity contribution in [2.45, 2.75) is 96.8 Å². The predicted molar refractivity (Wildman–Crippen MR) is 138 cm³/mol. The molecule has 6 nitrogen and oxygen atoms in total.